The Morgan fingerprint density at radius 3 is 2.59 bits per heavy atom. The molecule has 1 amide bonds. The molecule has 3 aromatic rings. The van der Waals surface area contributed by atoms with E-state index >= 15 is 0 Å². The van der Waals surface area contributed by atoms with Gasteiger partial charge in [-0.25, -0.2) is 0 Å². The van der Waals surface area contributed by atoms with Crippen molar-refractivity contribution in [2.24, 2.45) is 0 Å². The summed E-state index contributed by atoms with van der Waals surface area (Å²) >= 11 is 6.24. The lowest BCUT2D eigenvalue weighted by Gasteiger charge is -2.12. The van der Waals surface area contributed by atoms with Crippen LogP contribution < -0.4 is 5.32 Å². The van der Waals surface area contributed by atoms with Gasteiger partial charge in [0.2, 0.25) is 0 Å². The summed E-state index contributed by atoms with van der Waals surface area (Å²) in [6.45, 7) is 7.45. The molecule has 0 saturated heterocycles. The zero-order valence-corrected chi connectivity index (χ0v) is 17.3. The molecule has 2 aromatic heterocycles. The molecule has 152 valence electrons. The number of hydrogen-bond donors (Lipinski definition) is 1. The lowest BCUT2D eigenvalue weighted by Crippen LogP contribution is -2.25. The second-order valence-corrected chi connectivity index (χ2v) is 7.21. The maximum absolute atomic E-state index is 12.8. The first-order chi connectivity index (χ1) is 13.7. The molecule has 0 spiro atoms. The Kier molecular flexibility index (Phi) is 5.69. The Morgan fingerprint density at radius 2 is 1.97 bits per heavy atom. The normalized spacial score (nSPS) is 12.0. The van der Waals surface area contributed by atoms with Crippen molar-refractivity contribution in [3.05, 3.63) is 68.1 Å². The summed E-state index contributed by atoms with van der Waals surface area (Å²) < 4.78 is 3.12. The van der Waals surface area contributed by atoms with E-state index in [2.05, 4.69) is 15.5 Å². The molecular formula is C19H21ClN6O3. The standard InChI is InChI=1S/C19H21ClN6O3/c1-11-9-17(26(28)29)23-25(11)14(4)19(27)21-18-12(2)22-24(13(18)3)10-15-7-5-6-8-16(15)20/h5-9,14H,10H2,1-4H3,(H,21,27). The minimum atomic E-state index is -0.727. The third kappa shape index (κ3) is 4.14. The van der Waals surface area contributed by atoms with Crippen molar-refractivity contribution in [2.75, 3.05) is 5.32 Å². The van der Waals surface area contributed by atoms with Gasteiger partial charge in [-0.2, -0.15) is 9.78 Å². The van der Waals surface area contributed by atoms with E-state index in [0.717, 1.165) is 11.3 Å². The molecule has 0 aliphatic heterocycles. The molecule has 0 saturated carbocycles. The van der Waals surface area contributed by atoms with Crippen molar-refractivity contribution in [2.45, 2.75) is 40.3 Å². The number of aryl methyl sites for hydroxylation is 2. The smallest absolute Gasteiger partial charge is 0.358 e. The van der Waals surface area contributed by atoms with Crippen LogP contribution in [0.1, 0.15) is 35.6 Å². The van der Waals surface area contributed by atoms with Gasteiger partial charge < -0.3 is 15.4 Å². The molecule has 1 N–H and O–H groups in total. The summed E-state index contributed by atoms with van der Waals surface area (Å²) in [4.78, 5) is 23.1. The van der Waals surface area contributed by atoms with Crippen molar-refractivity contribution in [3.8, 4) is 0 Å². The van der Waals surface area contributed by atoms with Crippen molar-refractivity contribution >= 4 is 29.0 Å². The summed E-state index contributed by atoms with van der Waals surface area (Å²) in [5.74, 6) is -0.628. The second-order valence-electron chi connectivity index (χ2n) is 6.81. The molecule has 0 aliphatic carbocycles. The monoisotopic (exact) mass is 416 g/mol. The first-order valence-corrected chi connectivity index (χ1v) is 9.35. The highest BCUT2D eigenvalue weighted by molar-refractivity contribution is 6.31. The molecule has 0 aliphatic rings. The van der Waals surface area contributed by atoms with Crippen molar-refractivity contribution < 1.29 is 9.72 Å². The van der Waals surface area contributed by atoms with Crippen molar-refractivity contribution in [3.63, 3.8) is 0 Å². The fourth-order valence-electron chi connectivity index (χ4n) is 3.11. The summed E-state index contributed by atoms with van der Waals surface area (Å²) in [5.41, 5.74) is 3.50. The van der Waals surface area contributed by atoms with Crippen LogP contribution in [-0.2, 0) is 11.3 Å². The summed E-state index contributed by atoms with van der Waals surface area (Å²) in [7, 11) is 0. The molecule has 9 nitrogen and oxygen atoms in total. The zero-order chi connectivity index (χ0) is 21.3. The third-order valence-electron chi connectivity index (χ3n) is 4.75. The van der Waals surface area contributed by atoms with Crippen LogP contribution in [0.2, 0.25) is 5.02 Å². The van der Waals surface area contributed by atoms with Crippen LogP contribution in [0.3, 0.4) is 0 Å². The summed E-state index contributed by atoms with van der Waals surface area (Å²) in [6, 6.07) is 8.12. The van der Waals surface area contributed by atoms with Gasteiger partial charge in [0.1, 0.15) is 6.04 Å². The molecule has 1 unspecified atom stereocenters. The molecular weight excluding hydrogens is 396 g/mol. The van der Waals surface area contributed by atoms with Crippen LogP contribution >= 0.6 is 11.6 Å². The van der Waals surface area contributed by atoms with E-state index in [0.29, 0.717) is 28.6 Å². The first-order valence-electron chi connectivity index (χ1n) is 8.97. The van der Waals surface area contributed by atoms with Crippen LogP contribution in [0.5, 0.6) is 0 Å². The lowest BCUT2D eigenvalue weighted by atomic mass is 10.2. The van der Waals surface area contributed by atoms with Crippen LogP contribution in [0.4, 0.5) is 11.5 Å². The number of aromatic nitrogens is 4. The average molecular weight is 417 g/mol. The van der Waals surface area contributed by atoms with Gasteiger partial charge in [-0.1, -0.05) is 29.8 Å². The predicted octanol–water partition coefficient (Wildman–Crippen LogP) is 3.81. The van der Waals surface area contributed by atoms with E-state index in [1.165, 1.54) is 10.7 Å². The number of nitrogens with zero attached hydrogens (tertiary/aromatic N) is 5. The molecule has 10 heteroatoms. The fourth-order valence-corrected chi connectivity index (χ4v) is 3.31. The first kappa shape index (κ1) is 20.5. The van der Waals surface area contributed by atoms with Gasteiger partial charge in [0, 0.05) is 5.02 Å². The quantitative estimate of drug-likeness (QED) is 0.485. The number of nitrogens with one attached hydrogen (secondary N) is 1. The molecule has 3 rings (SSSR count). The number of carbonyl (C=O) groups is 1. The van der Waals surface area contributed by atoms with E-state index < -0.39 is 11.0 Å². The molecule has 1 aromatic carbocycles. The van der Waals surface area contributed by atoms with Gasteiger partial charge in [-0.3, -0.25) is 9.48 Å². The Labute approximate surface area is 172 Å². The molecule has 2 heterocycles. The maximum atomic E-state index is 12.8. The fraction of sp³-hybridized carbons (Fsp3) is 0.316. The topological polar surface area (TPSA) is 108 Å². The van der Waals surface area contributed by atoms with Gasteiger partial charge >= 0.3 is 5.82 Å². The minimum absolute atomic E-state index is 0.290. The van der Waals surface area contributed by atoms with E-state index in [4.69, 9.17) is 11.6 Å². The summed E-state index contributed by atoms with van der Waals surface area (Å²) in [6.07, 6.45) is 0. The SMILES string of the molecule is Cc1nn(Cc2ccccc2Cl)c(C)c1NC(=O)C(C)n1nc([N+](=O)[O-])cc1C. The molecule has 29 heavy (non-hydrogen) atoms. The van der Waals surface area contributed by atoms with Crippen LogP contribution in [0, 0.1) is 30.9 Å². The Hall–Kier alpha value is -3.20. The molecule has 0 bridgehead atoms. The minimum Gasteiger partial charge on any atom is -0.358 e. The van der Waals surface area contributed by atoms with Gasteiger partial charge in [-0.15, -0.1) is 0 Å². The Bertz CT molecular complexity index is 1090. The second kappa shape index (κ2) is 8.04. The highest BCUT2D eigenvalue weighted by Crippen LogP contribution is 2.24. The highest BCUT2D eigenvalue weighted by atomic mass is 35.5. The van der Waals surface area contributed by atoms with E-state index in [9.17, 15) is 14.9 Å². The number of nitro groups is 1. The number of hydrogen-bond acceptors (Lipinski definition) is 5. The van der Waals surface area contributed by atoms with E-state index in [-0.39, 0.29) is 11.7 Å². The van der Waals surface area contributed by atoms with Crippen LogP contribution in [-0.4, -0.2) is 30.4 Å². The van der Waals surface area contributed by atoms with E-state index in [1.54, 1.807) is 25.5 Å². The zero-order valence-electron chi connectivity index (χ0n) is 16.5. The number of carbonyl (C=O) groups excluding carboxylic acids is 1. The molecule has 0 radical (unpaired) electrons. The van der Waals surface area contributed by atoms with Gasteiger partial charge in [-0.05, 0) is 44.2 Å². The molecule has 1 atom stereocenters. The highest BCUT2D eigenvalue weighted by Gasteiger charge is 2.26. The summed E-state index contributed by atoms with van der Waals surface area (Å²) in [5, 5.41) is 22.9. The largest absolute Gasteiger partial charge is 0.390 e. The number of benzene rings is 1. The maximum Gasteiger partial charge on any atom is 0.390 e. The van der Waals surface area contributed by atoms with Gasteiger partial charge in [0.25, 0.3) is 5.91 Å². The van der Waals surface area contributed by atoms with Gasteiger partial charge in [0.15, 0.2) is 0 Å². The Morgan fingerprint density at radius 1 is 1.28 bits per heavy atom. The molecule has 0 fully saturated rings. The van der Waals surface area contributed by atoms with Crippen molar-refractivity contribution in [1.29, 1.82) is 0 Å². The van der Waals surface area contributed by atoms with Crippen LogP contribution in [0.15, 0.2) is 30.3 Å². The number of halogens is 1. The number of rotatable bonds is 6. The third-order valence-corrected chi connectivity index (χ3v) is 5.12. The van der Waals surface area contributed by atoms with Gasteiger partial charge in [0.05, 0.1) is 40.5 Å². The Balaban J connectivity index is 1.81. The van der Waals surface area contributed by atoms with E-state index in [1.807, 2.05) is 31.2 Å². The number of anilines is 1. The predicted molar refractivity (Wildman–Crippen MR) is 109 cm³/mol. The average Bonchev–Trinajstić information content (AvgIpc) is 3.18. The number of amides is 1. The lowest BCUT2D eigenvalue weighted by molar-refractivity contribution is -0.389. The van der Waals surface area contributed by atoms with Crippen molar-refractivity contribution in [1.82, 2.24) is 19.6 Å². The van der Waals surface area contributed by atoms with Crippen LogP contribution in [0.25, 0.3) is 0 Å².